The third kappa shape index (κ3) is 0.543. The summed E-state index contributed by atoms with van der Waals surface area (Å²) in [5.74, 6) is 0.352. The van der Waals surface area contributed by atoms with E-state index in [1.54, 1.807) is 0 Å². The quantitative estimate of drug-likeness (QED) is 0.526. The van der Waals surface area contributed by atoms with Crippen LogP contribution in [0.2, 0.25) is 0 Å². The highest BCUT2D eigenvalue weighted by molar-refractivity contribution is 5.79. The average Bonchev–Trinajstić information content (AvgIpc) is 2.33. The van der Waals surface area contributed by atoms with Crippen molar-refractivity contribution in [1.29, 1.82) is 0 Å². The first-order valence-corrected chi connectivity index (χ1v) is 2.35. The predicted molar refractivity (Wildman–Crippen MR) is 27.9 cm³/mol. The van der Waals surface area contributed by atoms with E-state index in [-0.39, 0.29) is 0 Å². The fourth-order valence-electron chi connectivity index (χ4n) is 0.562. The van der Waals surface area contributed by atoms with Crippen molar-refractivity contribution in [3.63, 3.8) is 0 Å². The molecule has 0 amide bonds. The standard InChI is InChI=1S/C4H3N3O2/c1-3-4(8-2-5-3)9-7-6-1/h1-2,7H. The fourth-order valence-corrected chi connectivity index (χ4v) is 0.562. The molecule has 0 aromatic carbocycles. The van der Waals surface area contributed by atoms with E-state index < -0.39 is 0 Å². The van der Waals surface area contributed by atoms with Crippen molar-refractivity contribution in [3.8, 4) is 5.95 Å². The number of oxazole rings is 1. The Labute approximate surface area is 50.3 Å². The van der Waals surface area contributed by atoms with Gasteiger partial charge in [-0.05, 0) is 0 Å². The van der Waals surface area contributed by atoms with Crippen molar-refractivity contribution in [3.05, 3.63) is 12.1 Å². The predicted octanol–water partition coefficient (Wildman–Crippen LogP) is -0.0945. The van der Waals surface area contributed by atoms with Crippen molar-refractivity contribution in [2.75, 3.05) is 0 Å². The molecule has 46 valence electrons. The van der Waals surface area contributed by atoms with Crippen molar-refractivity contribution in [2.24, 2.45) is 5.10 Å². The number of hydrazone groups is 1. The molecule has 0 aliphatic carbocycles. The lowest BCUT2D eigenvalue weighted by Gasteiger charge is -2.01. The van der Waals surface area contributed by atoms with E-state index >= 15 is 0 Å². The zero-order chi connectivity index (χ0) is 6.10. The molecule has 1 aromatic rings. The van der Waals surface area contributed by atoms with E-state index in [9.17, 15) is 0 Å². The fraction of sp³-hybridized carbons (Fsp3) is 0. The lowest BCUT2D eigenvalue weighted by atomic mass is 10.5. The van der Waals surface area contributed by atoms with Crippen LogP contribution in [0.4, 0.5) is 0 Å². The molecule has 0 saturated carbocycles. The summed E-state index contributed by atoms with van der Waals surface area (Å²) >= 11 is 0. The van der Waals surface area contributed by atoms with Crippen LogP contribution in [0.5, 0.6) is 5.95 Å². The zero-order valence-electron chi connectivity index (χ0n) is 4.37. The van der Waals surface area contributed by atoms with Crippen molar-refractivity contribution in [2.45, 2.75) is 0 Å². The molecule has 1 aromatic heterocycles. The van der Waals surface area contributed by atoms with Gasteiger partial charge < -0.3 is 9.25 Å². The molecule has 1 aliphatic rings. The van der Waals surface area contributed by atoms with Crippen LogP contribution in [0.25, 0.3) is 0 Å². The largest absolute Gasteiger partial charge is 0.411 e. The maximum Gasteiger partial charge on any atom is 0.342 e. The van der Waals surface area contributed by atoms with Gasteiger partial charge in [-0.25, -0.2) is 4.98 Å². The number of hydrogen-bond donors (Lipinski definition) is 1. The summed E-state index contributed by atoms with van der Waals surface area (Å²) in [7, 11) is 0. The van der Waals surface area contributed by atoms with Crippen LogP contribution in [-0.2, 0) is 0 Å². The molecule has 0 unspecified atom stereocenters. The van der Waals surface area contributed by atoms with Gasteiger partial charge in [-0.2, -0.15) is 5.10 Å². The second kappa shape index (κ2) is 1.48. The Kier molecular flexibility index (Phi) is 0.717. The lowest BCUT2D eigenvalue weighted by molar-refractivity contribution is 0.147. The Morgan fingerprint density at radius 2 is 2.56 bits per heavy atom. The summed E-state index contributed by atoms with van der Waals surface area (Å²) < 4.78 is 4.77. The zero-order valence-corrected chi connectivity index (χ0v) is 4.37. The molecule has 1 aliphatic heterocycles. The van der Waals surface area contributed by atoms with E-state index in [0.29, 0.717) is 11.6 Å². The normalized spacial score (nSPS) is 13.8. The van der Waals surface area contributed by atoms with Crippen LogP contribution in [0.1, 0.15) is 5.69 Å². The molecule has 0 atom stereocenters. The van der Waals surface area contributed by atoms with Gasteiger partial charge in [0.25, 0.3) is 0 Å². The third-order valence-corrected chi connectivity index (χ3v) is 0.939. The van der Waals surface area contributed by atoms with E-state index in [1.807, 2.05) is 0 Å². The number of nitrogens with one attached hydrogen (secondary N) is 1. The van der Waals surface area contributed by atoms with Crippen molar-refractivity contribution < 1.29 is 9.25 Å². The molecule has 2 heterocycles. The molecule has 9 heavy (non-hydrogen) atoms. The van der Waals surface area contributed by atoms with Gasteiger partial charge in [0.05, 0.1) is 6.21 Å². The monoisotopic (exact) mass is 125 g/mol. The SMILES string of the molecule is C1=NNOc2ocnc21. The molecule has 5 nitrogen and oxygen atoms in total. The molecule has 0 bridgehead atoms. The third-order valence-electron chi connectivity index (χ3n) is 0.939. The number of aromatic nitrogens is 1. The van der Waals surface area contributed by atoms with Gasteiger partial charge in [-0.3, -0.25) is 0 Å². The maximum absolute atomic E-state index is 4.77. The van der Waals surface area contributed by atoms with Crippen LogP contribution in [0, 0.1) is 0 Å². The molecule has 2 rings (SSSR count). The van der Waals surface area contributed by atoms with Crippen LogP contribution in [0.3, 0.4) is 0 Å². The van der Waals surface area contributed by atoms with E-state index in [2.05, 4.69) is 20.5 Å². The average molecular weight is 125 g/mol. The van der Waals surface area contributed by atoms with Crippen LogP contribution < -0.4 is 10.4 Å². The maximum atomic E-state index is 4.77. The highest BCUT2D eigenvalue weighted by atomic mass is 16.7. The number of hydrogen-bond acceptors (Lipinski definition) is 5. The molecule has 5 heteroatoms. The number of rotatable bonds is 0. The summed E-state index contributed by atoms with van der Waals surface area (Å²) in [5, 5.41) is 3.57. The van der Waals surface area contributed by atoms with E-state index in [1.165, 1.54) is 12.6 Å². The van der Waals surface area contributed by atoms with E-state index in [4.69, 9.17) is 4.42 Å². The van der Waals surface area contributed by atoms with Gasteiger partial charge in [-0.1, -0.05) is 0 Å². The first-order valence-electron chi connectivity index (χ1n) is 2.35. The molecule has 0 radical (unpaired) electrons. The molecule has 0 fully saturated rings. The summed E-state index contributed by atoms with van der Waals surface area (Å²) in [6, 6.07) is 0. The van der Waals surface area contributed by atoms with Gasteiger partial charge in [0, 0.05) is 0 Å². The van der Waals surface area contributed by atoms with Crippen LogP contribution in [0.15, 0.2) is 15.9 Å². The highest BCUT2D eigenvalue weighted by Crippen LogP contribution is 2.14. The van der Waals surface area contributed by atoms with Crippen molar-refractivity contribution >= 4 is 6.21 Å². The second-order valence-corrected chi connectivity index (χ2v) is 1.48. The summed E-state index contributed by atoms with van der Waals surface area (Å²) in [5.41, 5.74) is 2.87. The minimum atomic E-state index is 0.352. The Morgan fingerprint density at radius 3 is 3.44 bits per heavy atom. The smallest absolute Gasteiger partial charge is 0.342 e. The van der Waals surface area contributed by atoms with Crippen LogP contribution in [-0.4, -0.2) is 11.2 Å². The van der Waals surface area contributed by atoms with Gasteiger partial charge in [0.1, 0.15) is 0 Å². The summed E-state index contributed by atoms with van der Waals surface area (Å²) in [4.78, 5) is 8.46. The first-order chi connectivity index (χ1) is 4.47. The minimum Gasteiger partial charge on any atom is -0.411 e. The Balaban J connectivity index is 2.53. The Bertz CT molecular complexity index is 242. The van der Waals surface area contributed by atoms with Crippen LogP contribution >= 0.6 is 0 Å². The highest BCUT2D eigenvalue weighted by Gasteiger charge is 2.09. The Morgan fingerprint density at radius 1 is 1.56 bits per heavy atom. The topological polar surface area (TPSA) is 59.7 Å². The summed E-state index contributed by atoms with van der Waals surface area (Å²) in [6.45, 7) is 0. The first kappa shape index (κ1) is 4.37. The van der Waals surface area contributed by atoms with Gasteiger partial charge in [0.15, 0.2) is 12.1 Å². The second-order valence-electron chi connectivity index (χ2n) is 1.48. The number of nitrogens with zero attached hydrogens (tertiary/aromatic N) is 2. The van der Waals surface area contributed by atoms with Crippen molar-refractivity contribution in [1.82, 2.24) is 10.6 Å². The minimum absolute atomic E-state index is 0.352. The molecule has 0 spiro atoms. The summed E-state index contributed by atoms with van der Waals surface area (Å²) in [6.07, 6.45) is 2.81. The molecule has 1 N–H and O–H groups in total. The molecular formula is C4H3N3O2. The van der Waals surface area contributed by atoms with Gasteiger partial charge in [-0.15, -0.1) is 5.59 Å². The molecule has 0 saturated heterocycles. The number of fused-ring (bicyclic) bond motifs is 1. The molecular weight excluding hydrogens is 122 g/mol. The lowest BCUT2D eigenvalue weighted by Crippen LogP contribution is -2.15. The van der Waals surface area contributed by atoms with Gasteiger partial charge >= 0.3 is 5.95 Å². The van der Waals surface area contributed by atoms with E-state index in [0.717, 1.165) is 0 Å². The Hall–Kier alpha value is -1.52. The van der Waals surface area contributed by atoms with Gasteiger partial charge in [0.2, 0.25) is 0 Å².